The molecule has 0 aromatic heterocycles. The minimum atomic E-state index is -0.904. The Balaban J connectivity index is 1.85. The summed E-state index contributed by atoms with van der Waals surface area (Å²) < 4.78 is 4.99. The van der Waals surface area contributed by atoms with Crippen LogP contribution in [0.4, 0.5) is 11.4 Å². The molecule has 8 nitrogen and oxygen atoms in total. The Hall–Kier alpha value is -3.26. The van der Waals surface area contributed by atoms with Crippen LogP contribution in [0.5, 0.6) is 5.75 Å². The van der Waals surface area contributed by atoms with Gasteiger partial charge in [-0.05, 0) is 24.6 Å². The van der Waals surface area contributed by atoms with Crippen LogP contribution in [0.3, 0.4) is 0 Å². The van der Waals surface area contributed by atoms with Gasteiger partial charge in [0, 0.05) is 18.2 Å². The number of hydrogen-bond donors (Lipinski definition) is 2. The first kappa shape index (κ1) is 18.1. The van der Waals surface area contributed by atoms with Crippen molar-refractivity contribution >= 4 is 23.3 Å². The smallest absolute Gasteiger partial charge is 0.311 e. The number of carbonyl (C=O) groups excluding carboxylic acids is 2. The minimum Gasteiger partial charge on any atom is -0.419 e. The number of rotatable bonds is 7. The van der Waals surface area contributed by atoms with Crippen molar-refractivity contribution < 1.29 is 19.2 Å². The molecule has 1 atom stereocenters. The molecular formula is C17H17N3O5. The molecule has 130 valence electrons. The average Bonchev–Trinajstić information content (AvgIpc) is 2.60. The summed E-state index contributed by atoms with van der Waals surface area (Å²) in [4.78, 5) is 34.0. The summed E-state index contributed by atoms with van der Waals surface area (Å²) in [7, 11) is 0. The van der Waals surface area contributed by atoms with Crippen LogP contribution < -0.4 is 15.8 Å². The van der Waals surface area contributed by atoms with Gasteiger partial charge in [-0.25, -0.2) is 0 Å². The van der Waals surface area contributed by atoms with E-state index in [4.69, 9.17) is 10.5 Å². The summed E-state index contributed by atoms with van der Waals surface area (Å²) in [5, 5.41) is 13.5. The fourth-order valence-electron chi connectivity index (χ4n) is 2.03. The number of nitrogens with zero attached hydrogens (tertiary/aromatic N) is 1. The van der Waals surface area contributed by atoms with Crippen LogP contribution in [0.25, 0.3) is 0 Å². The van der Waals surface area contributed by atoms with Gasteiger partial charge in [0.1, 0.15) is 0 Å². The zero-order chi connectivity index (χ0) is 18.2. The Morgan fingerprint density at radius 2 is 1.76 bits per heavy atom. The van der Waals surface area contributed by atoms with Gasteiger partial charge in [-0.3, -0.25) is 19.7 Å². The molecule has 8 heteroatoms. The third kappa shape index (κ3) is 5.40. The van der Waals surface area contributed by atoms with Crippen LogP contribution in [-0.2, 0) is 9.59 Å². The first-order valence-corrected chi connectivity index (χ1v) is 7.53. The third-order valence-corrected chi connectivity index (χ3v) is 3.32. The second-order valence-corrected chi connectivity index (χ2v) is 5.20. The van der Waals surface area contributed by atoms with E-state index in [2.05, 4.69) is 5.32 Å². The summed E-state index contributed by atoms with van der Waals surface area (Å²) in [6.07, 6.45) is -0.0897. The minimum absolute atomic E-state index is 0.0537. The number of benzene rings is 2. The van der Waals surface area contributed by atoms with E-state index in [9.17, 15) is 19.7 Å². The predicted molar refractivity (Wildman–Crippen MR) is 91.0 cm³/mol. The highest BCUT2D eigenvalue weighted by atomic mass is 16.6. The van der Waals surface area contributed by atoms with E-state index in [0.29, 0.717) is 5.69 Å². The first-order chi connectivity index (χ1) is 12.0. The lowest BCUT2D eigenvalue weighted by molar-refractivity contribution is -0.385. The highest BCUT2D eigenvalue weighted by Gasteiger charge is 2.19. The highest BCUT2D eigenvalue weighted by molar-refractivity contribution is 5.94. The number of nitro groups is 1. The molecule has 0 fully saturated rings. The number of nitrogens with two attached hydrogens (primary N) is 1. The van der Waals surface area contributed by atoms with Crippen LogP contribution in [0.2, 0.25) is 0 Å². The Morgan fingerprint density at radius 1 is 1.12 bits per heavy atom. The van der Waals surface area contributed by atoms with Gasteiger partial charge in [0.2, 0.25) is 11.7 Å². The van der Waals surface area contributed by atoms with Crippen LogP contribution in [0.15, 0.2) is 54.6 Å². The predicted octanol–water partition coefficient (Wildman–Crippen LogP) is 2.25. The molecule has 0 radical (unpaired) electrons. The summed E-state index contributed by atoms with van der Waals surface area (Å²) in [6.45, 7) is 0. The highest BCUT2D eigenvalue weighted by Crippen LogP contribution is 2.26. The quantitative estimate of drug-likeness (QED) is 0.344. The molecule has 0 aliphatic rings. The summed E-state index contributed by atoms with van der Waals surface area (Å²) in [5.74, 6) is -1.26. The number of ether oxygens (including phenoxy) is 1. The Bertz CT molecular complexity index is 764. The van der Waals surface area contributed by atoms with E-state index in [-0.39, 0.29) is 24.3 Å². The molecule has 0 heterocycles. The van der Waals surface area contributed by atoms with E-state index in [0.717, 1.165) is 0 Å². The van der Waals surface area contributed by atoms with Gasteiger partial charge in [0.25, 0.3) is 0 Å². The molecule has 2 aromatic carbocycles. The molecule has 0 unspecified atom stereocenters. The molecule has 2 rings (SSSR count). The molecule has 0 bridgehead atoms. The van der Waals surface area contributed by atoms with Gasteiger partial charge >= 0.3 is 11.7 Å². The Morgan fingerprint density at radius 3 is 2.44 bits per heavy atom. The van der Waals surface area contributed by atoms with Crippen molar-refractivity contribution in [3.8, 4) is 5.75 Å². The van der Waals surface area contributed by atoms with Crippen LogP contribution in [-0.4, -0.2) is 22.8 Å². The number of nitrogens with one attached hydrogen (secondary N) is 1. The number of hydrogen-bond acceptors (Lipinski definition) is 6. The fourth-order valence-corrected chi connectivity index (χ4v) is 2.03. The monoisotopic (exact) mass is 343 g/mol. The second kappa shape index (κ2) is 8.55. The van der Waals surface area contributed by atoms with Gasteiger partial charge in [-0.1, -0.05) is 30.3 Å². The van der Waals surface area contributed by atoms with Crippen molar-refractivity contribution in [2.45, 2.75) is 18.9 Å². The lowest BCUT2D eigenvalue weighted by atomic mass is 10.1. The SMILES string of the molecule is N[C@@H](CCC(=O)Oc1ccccc1[N+](=O)[O-])C(=O)Nc1ccccc1. The number of nitro benzene ring substituents is 1. The number of esters is 1. The van der Waals surface area contributed by atoms with Gasteiger partial charge in [-0.15, -0.1) is 0 Å². The van der Waals surface area contributed by atoms with Gasteiger partial charge in [0.15, 0.2) is 0 Å². The normalized spacial score (nSPS) is 11.4. The van der Waals surface area contributed by atoms with E-state index < -0.39 is 22.8 Å². The lowest BCUT2D eigenvalue weighted by Gasteiger charge is -2.12. The largest absolute Gasteiger partial charge is 0.419 e. The van der Waals surface area contributed by atoms with Crippen molar-refractivity contribution in [3.63, 3.8) is 0 Å². The second-order valence-electron chi connectivity index (χ2n) is 5.20. The van der Waals surface area contributed by atoms with Gasteiger partial charge in [-0.2, -0.15) is 0 Å². The van der Waals surface area contributed by atoms with E-state index in [1.165, 1.54) is 24.3 Å². The zero-order valence-corrected chi connectivity index (χ0v) is 13.3. The number of anilines is 1. The van der Waals surface area contributed by atoms with Gasteiger partial charge < -0.3 is 15.8 Å². The number of amides is 1. The average molecular weight is 343 g/mol. The number of para-hydroxylation sites is 3. The van der Waals surface area contributed by atoms with E-state index >= 15 is 0 Å². The molecule has 2 aromatic rings. The molecule has 3 N–H and O–H groups in total. The van der Waals surface area contributed by atoms with Crippen molar-refractivity contribution in [2.24, 2.45) is 5.73 Å². The lowest BCUT2D eigenvalue weighted by Crippen LogP contribution is -2.36. The molecular weight excluding hydrogens is 326 g/mol. The van der Waals surface area contributed by atoms with Crippen LogP contribution in [0.1, 0.15) is 12.8 Å². The maximum Gasteiger partial charge on any atom is 0.311 e. The molecule has 0 saturated carbocycles. The standard InChI is InChI=1S/C17H17N3O5/c18-13(17(22)19-12-6-2-1-3-7-12)10-11-16(21)25-15-9-5-4-8-14(15)20(23)24/h1-9,13H,10-11,18H2,(H,19,22)/t13-/m0/s1. The van der Waals surface area contributed by atoms with Gasteiger partial charge in [0.05, 0.1) is 11.0 Å². The molecule has 0 aliphatic carbocycles. The van der Waals surface area contributed by atoms with Crippen LogP contribution >= 0.6 is 0 Å². The summed E-state index contributed by atoms with van der Waals surface area (Å²) >= 11 is 0. The Labute approximate surface area is 143 Å². The maximum atomic E-state index is 11.9. The number of carbonyl (C=O) groups is 2. The Kier molecular flexibility index (Phi) is 6.19. The molecule has 0 spiro atoms. The molecule has 0 aliphatic heterocycles. The topological polar surface area (TPSA) is 125 Å². The van der Waals surface area contributed by atoms with E-state index in [1.54, 1.807) is 24.3 Å². The van der Waals surface area contributed by atoms with Crippen molar-refractivity contribution in [3.05, 3.63) is 64.7 Å². The third-order valence-electron chi connectivity index (χ3n) is 3.32. The van der Waals surface area contributed by atoms with Crippen molar-refractivity contribution in [1.82, 2.24) is 0 Å². The zero-order valence-electron chi connectivity index (χ0n) is 13.3. The van der Waals surface area contributed by atoms with Crippen molar-refractivity contribution in [1.29, 1.82) is 0 Å². The molecule has 25 heavy (non-hydrogen) atoms. The molecule has 1 amide bonds. The summed E-state index contributed by atoms with van der Waals surface area (Å²) in [6, 6.07) is 13.4. The fraction of sp³-hybridized carbons (Fsp3) is 0.176. The maximum absolute atomic E-state index is 11.9. The van der Waals surface area contributed by atoms with E-state index in [1.807, 2.05) is 6.07 Å². The first-order valence-electron chi connectivity index (χ1n) is 7.53. The molecule has 0 saturated heterocycles. The van der Waals surface area contributed by atoms with Crippen LogP contribution in [0, 0.1) is 10.1 Å². The van der Waals surface area contributed by atoms with Crippen molar-refractivity contribution in [2.75, 3.05) is 5.32 Å². The summed E-state index contributed by atoms with van der Waals surface area (Å²) in [5.41, 5.74) is 6.06.